The highest BCUT2D eigenvalue weighted by Gasteiger charge is 2.41. The number of unbranched alkanes of at least 4 members (excludes halogenated alkanes) is 2. The summed E-state index contributed by atoms with van der Waals surface area (Å²) < 4.78 is 0. The standard InChI is InChI=1S/C19H37N/c1-2-3-11-16-19(20,18-14-9-6-10-15-18)17-12-7-4-5-8-13-17/h17-18H,2-16,20H2,1H3. The molecule has 0 aromatic carbocycles. The molecule has 0 bridgehead atoms. The van der Waals surface area contributed by atoms with E-state index in [0.717, 1.165) is 11.8 Å². The minimum atomic E-state index is 0.180. The lowest BCUT2D eigenvalue weighted by Gasteiger charge is -2.46. The summed E-state index contributed by atoms with van der Waals surface area (Å²) in [5, 5.41) is 0. The Hall–Kier alpha value is -0.0400. The van der Waals surface area contributed by atoms with Gasteiger partial charge in [0.1, 0.15) is 0 Å². The number of hydrogen-bond acceptors (Lipinski definition) is 1. The van der Waals surface area contributed by atoms with E-state index in [-0.39, 0.29) is 5.54 Å². The quantitative estimate of drug-likeness (QED) is 0.481. The first-order valence-corrected chi connectivity index (χ1v) is 9.56. The van der Waals surface area contributed by atoms with Crippen LogP contribution in [-0.4, -0.2) is 5.54 Å². The fourth-order valence-corrected chi connectivity index (χ4v) is 4.88. The molecule has 0 radical (unpaired) electrons. The van der Waals surface area contributed by atoms with Crippen LogP contribution in [0.5, 0.6) is 0 Å². The zero-order valence-electron chi connectivity index (χ0n) is 13.8. The SMILES string of the molecule is CCCCCC(N)(C1CCCCCC1)C1CCCCC1. The van der Waals surface area contributed by atoms with Crippen LogP contribution in [0.25, 0.3) is 0 Å². The van der Waals surface area contributed by atoms with Crippen LogP contribution in [-0.2, 0) is 0 Å². The molecule has 2 aliphatic rings. The summed E-state index contributed by atoms with van der Waals surface area (Å²) in [6, 6.07) is 0. The molecule has 1 nitrogen and oxygen atoms in total. The molecule has 0 saturated heterocycles. The maximum atomic E-state index is 7.16. The molecular formula is C19H37N. The lowest BCUT2D eigenvalue weighted by molar-refractivity contribution is 0.109. The van der Waals surface area contributed by atoms with Gasteiger partial charge < -0.3 is 5.73 Å². The monoisotopic (exact) mass is 279 g/mol. The van der Waals surface area contributed by atoms with Crippen LogP contribution in [0.3, 0.4) is 0 Å². The maximum absolute atomic E-state index is 7.16. The van der Waals surface area contributed by atoms with Gasteiger partial charge in [0, 0.05) is 5.54 Å². The predicted molar refractivity (Wildman–Crippen MR) is 88.8 cm³/mol. The van der Waals surface area contributed by atoms with Crippen molar-refractivity contribution in [1.29, 1.82) is 0 Å². The van der Waals surface area contributed by atoms with Crippen LogP contribution in [0.4, 0.5) is 0 Å². The highest BCUT2D eigenvalue weighted by molar-refractivity contribution is 4.98. The number of hydrogen-bond donors (Lipinski definition) is 1. The van der Waals surface area contributed by atoms with Crippen molar-refractivity contribution in [3.05, 3.63) is 0 Å². The van der Waals surface area contributed by atoms with E-state index in [0.29, 0.717) is 0 Å². The van der Waals surface area contributed by atoms with E-state index in [1.54, 1.807) is 0 Å². The van der Waals surface area contributed by atoms with Crippen molar-refractivity contribution in [3.63, 3.8) is 0 Å². The van der Waals surface area contributed by atoms with Gasteiger partial charge in [-0.15, -0.1) is 0 Å². The molecule has 2 saturated carbocycles. The molecule has 0 aliphatic heterocycles. The van der Waals surface area contributed by atoms with Gasteiger partial charge >= 0.3 is 0 Å². The van der Waals surface area contributed by atoms with Gasteiger partial charge in [0.2, 0.25) is 0 Å². The van der Waals surface area contributed by atoms with Crippen molar-refractivity contribution in [2.45, 2.75) is 109 Å². The highest BCUT2D eigenvalue weighted by Crippen LogP contribution is 2.43. The second-order valence-corrected chi connectivity index (χ2v) is 7.59. The lowest BCUT2D eigenvalue weighted by atomic mass is 9.64. The van der Waals surface area contributed by atoms with E-state index in [2.05, 4.69) is 6.92 Å². The fraction of sp³-hybridized carbons (Fsp3) is 1.00. The second-order valence-electron chi connectivity index (χ2n) is 7.59. The van der Waals surface area contributed by atoms with Crippen LogP contribution >= 0.6 is 0 Å². The zero-order valence-corrected chi connectivity index (χ0v) is 13.8. The van der Waals surface area contributed by atoms with Crippen LogP contribution < -0.4 is 5.73 Å². The molecule has 2 aliphatic carbocycles. The fourth-order valence-electron chi connectivity index (χ4n) is 4.88. The smallest absolute Gasteiger partial charge is 0.0211 e. The summed E-state index contributed by atoms with van der Waals surface area (Å²) in [5.74, 6) is 1.65. The first-order chi connectivity index (χ1) is 9.77. The molecule has 0 heterocycles. The van der Waals surface area contributed by atoms with Crippen molar-refractivity contribution < 1.29 is 0 Å². The molecule has 118 valence electrons. The van der Waals surface area contributed by atoms with Gasteiger partial charge in [0.25, 0.3) is 0 Å². The van der Waals surface area contributed by atoms with Gasteiger partial charge in [-0.2, -0.15) is 0 Å². The van der Waals surface area contributed by atoms with E-state index < -0.39 is 0 Å². The van der Waals surface area contributed by atoms with Gasteiger partial charge in [0.05, 0.1) is 0 Å². The lowest BCUT2D eigenvalue weighted by Crippen LogP contribution is -2.54. The molecule has 1 atom stereocenters. The third-order valence-corrected chi connectivity index (χ3v) is 6.19. The summed E-state index contributed by atoms with van der Waals surface area (Å²) in [4.78, 5) is 0. The van der Waals surface area contributed by atoms with Gasteiger partial charge in [-0.3, -0.25) is 0 Å². The molecule has 0 aromatic heterocycles. The third-order valence-electron chi connectivity index (χ3n) is 6.19. The Bertz CT molecular complexity index is 248. The zero-order chi connectivity index (χ0) is 14.3. The van der Waals surface area contributed by atoms with Crippen LogP contribution in [0.15, 0.2) is 0 Å². The normalized spacial score (nSPS) is 26.1. The van der Waals surface area contributed by atoms with E-state index in [1.807, 2.05) is 0 Å². The Labute approximate surface area is 127 Å². The van der Waals surface area contributed by atoms with Gasteiger partial charge in [0.15, 0.2) is 0 Å². The van der Waals surface area contributed by atoms with Crippen molar-refractivity contribution in [2.24, 2.45) is 17.6 Å². The molecule has 2 rings (SSSR count). The number of nitrogens with two attached hydrogens (primary N) is 1. The van der Waals surface area contributed by atoms with Gasteiger partial charge in [-0.25, -0.2) is 0 Å². The summed E-state index contributed by atoms with van der Waals surface area (Å²) in [7, 11) is 0. The van der Waals surface area contributed by atoms with E-state index in [9.17, 15) is 0 Å². The Balaban J connectivity index is 2.03. The third kappa shape index (κ3) is 4.23. The van der Waals surface area contributed by atoms with Crippen molar-refractivity contribution in [3.8, 4) is 0 Å². The minimum absolute atomic E-state index is 0.180. The first-order valence-electron chi connectivity index (χ1n) is 9.56. The van der Waals surface area contributed by atoms with Crippen LogP contribution in [0.1, 0.15) is 103 Å². The molecule has 0 spiro atoms. The molecule has 0 aromatic rings. The Morgan fingerprint density at radius 3 is 1.65 bits per heavy atom. The Morgan fingerprint density at radius 2 is 1.20 bits per heavy atom. The first kappa shape index (κ1) is 16.3. The predicted octanol–water partition coefficient (Wildman–Crippen LogP) is 5.81. The minimum Gasteiger partial charge on any atom is -0.325 e. The van der Waals surface area contributed by atoms with Crippen LogP contribution in [0, 0.1) is 11.8 Å². The van der Waals surface area contributed by atoms with Gasteiger partial charge in [-0.1, -0.05) is 71.1 Å². The second kappa shape index (κ2) is 8.41. The molecule has 2 N–H and O–H groups in total. The summed E-state index contributed by atoms with van der Waals surface area (Å²) in [6.07, 6.45) is 21.1. The average molecular weight is 280 g/mol. The molecule has 1 heteroatoms. The highest BCUT2D eigenvalue weighted by atomic mass is 14.8. The largest absolute Gasteiger partial charge is 0.325 e. The van der Waals surface area contributed by atoms with Crippen molar-refractivity contribution >= 4 is 0 Å². The average Bonchev–Trinajstić information content (AvgIpc) is 2.78. The van der Waals surface area contributed by atoms with Crippen LogP contribution in [0.2, 0.25) is 0 Å². The molecule has 0 amide bonds. The van der Waals surface area contributed by atoms with E-state index >= 15 is 0 Å². The summed E-state index contributed by atoms with van der Waals surface area (Å²) >= 11 is 0. The van der Waals surface area contributed by atoms with Gasteiger partial charge in [-0.05, 0) is 43.9 Å². The van der Waals surface area contributed by atoms with E-state index in [4.69, 9.17) is 5.73 Å². The topological polar surface area (TPSA) is 26.0 Å². The summed E-state index contributed by atoms with van der Waals surface area (Å²) in [6.45, 7) is 2.31. The molecule has 1 unspecified atom stereocenters. The number of rotatable bonds is 6. The summed E-state index contributed by atoms with van der Waals surface area (Å²) in [5.41, 5.74) is 7.34. The Morgan fingerprint density at radius 1 is 0.750 bits per heavy atom. The maximum Gasteiger partial charge on any atom is 0.0211 e. The Kier molecular flexibility index (Phi) is 6.87. The molecule has 20 heavy (non-hydrogen) atoms. The molecular weight excluding hydrogens is 242 g/mol. The van der Waals surface area contributed by atoms with Crippen molar-refractivity contribution in [2.75, 3.05) is 0 Å². The van der Waals surface area contributed by atoms with E-state index in [1.165, 1.54) is 96.3 Å². The molecule has 2 fully saturated rings. The van der Waals surface area contributed by atoms with Crippen molar-refractivity contribution in [1.82, 2.24) is 0 Å².